The van der Waals surface area contributed by atoms with Crippen LogP contribution < -0.4 is 33.3 Å². The first kappa shape index (κ1) is 60.9. The van der Waals surface area contributed by atoms with Crippen molar-refractivity contribution in [3.63, 3.8) is 0 Å². The molecule has 2 N–H and O–H groups in total. The standard InChI is InChI=1S/C78H81N5O6/c1-17-58-46(7)71-69(53-39-64(84-11)77(88-15)65(40-53)85-12)73-48(9)60(19-3)75(81-73)68(52-31-27-50(28-32-52)25-26-51-29-37-57(38-30-51)83(55-33-21-44(5)22-34-55)56-35-23-45(6)24-36-56)76-61(20-4)49(10)74(82-76)70(54-41-66(86-13)78(89-16)67(42-54)87-14)72-47(8)59(18-2)63(80-72)43-62(58)79-71/h21-43,79,82H,17-20H2,1-16H3/b26-25+,62-43?,63-43?,71-69?,72-70?,73-69?,74-70?,75-68?,76-68?. The maximum atomic E-state index is 6.09. The van der Waals surface area contributed by atoms with E-state index in [9.17, 15) is 0 Å². The number of aromatic nitrogens is 4. The molecule has 11 rings (SSSR count). The first-order valence-corrected chi connectivity index (χ1v) is 30.8. The van der Waals surface area contributed by atoms with Gasteiger partial charge in [-0.2, -0.15) is 0 Å². The minimum absolute atomic E-state index is 0.514. The van der Waals surface area contributed by atoms with Gasteiger partial charge in [0.15, 0.2) is 23.0 Å². The highest BCUT2D eigenvalue weighted by Crippen LogP contribution is 2.51. The van der Waals surface area contributed by atoms with E-state index in [0.29, 0.717) is 40.9 Å². The Balaban J connectivity index is 1.21. The summed E-state index contributed by atoms with van der Waals surface area (Å²) in [5.74, 6) is 3.22. The maximum absolute atomic E-state index is 6.09. The SMILES string of the molecule is CCC1=C(C)c2nc1cc1[nH]c(c(C)c1CC)c(-c1cc(OC)c(OC)c(OC)c1)c1nc(c(-c3ccc(/C=C/c4ccc(N(c5ccc(C)cc5)c5ccc(C)cc5)cc4)cc3)c3[nH]c(c(C)c3CC)c2-c2cc(OC)c(OC)c(OC)c2)C(CC)=C1C. The van der Waals surface area contributed by atoms with Crippen LogP contribution >= 0.6 is 0 Å². The van der Waals surface area contributed by atoms with Crippen molar-refractivity contribution in [3.05, 3.63) is 195 Å². The van der Waals surface area contributed by atoms with E-state index in [1.165, 1.54) is 22.3 Å². The Bertz CT molecular complexity index is 4310. The average Bonchev–Trinajstić information content (AvgIpc) is 1.61. The number of hydrogen-bond donors (Lipinski definition) is 2. The van der Waals surface area contributed by atoms with E-state index in [0.717, 1.165) is 159 Å². The van der Waals surface area contributed by atoms with Gasteiger partial charge in [-0.25, -0.2) is 9.97 Å². The third-order valence-corrected chi connectivity index (χ3v) is 17.9. The molecule has 0 saturated carbocycles. The summed E-state index contributed by atoms with van der Waals surface area (Å²) in [7, 11) is 9.93. The predicted octanol–water partition coefficient (Wildman–Crippen LogP) is 20.0. The summed E-state index contributed by atoms with van der Waals surface area (Å²) < 4.78 is 36.2. The quantitative estimate of drug-likeness (QED) is 0.0810. The first-order valence-electron chi connectivity index (χ1n) is 30.8. The molecule has 2 aliphatic heterocycles. The minimum Gasteiger partial charge on any atom is -0.493 e. The Kier molecular flexibility index (Phi) is 17.5. The smallest absolute Gasteiger partial charge is 0.203 e. The molecule has 9 aromatic rings. The molecule has 6 aromatic carbocycles. The number of ether oxygens (including phenoxy) is 6. The van der Waals surface area contributed by atoms with E-state index < -0.39 is 0 Å². The van der Waals surface area contributed by atoms with Crippen LogP contribution in [0.5, 0.6) is 34.5 Å². The lowest BCUT2D eigenvalue weighted by Gasteiger charge is -2.25. The number of allylic oxidation sites excluding steroid dienone is 4. The highest BCUT2D eigenvalue weighted by atomic mass is 16.5. The molecular weight excluding hydrogens is 1100 g/mol. The fourth-order valence-electron chi connectivity index (χ4n) is 13.2. The zero-order chi connectivity index (χ0) is 62.9. The summed E-state index contributed by atoms with van der Waals surface area (Å²) in [6.45, 7) is 22.0. The second kappa shape index (κ2) is 25.5. The predicted molar refractivity (Wildman–Crippen MR) is 370 cm³/mol. The summed E-state index contributed by atoms with van der Waals surface area (Å²) in [6.07, 6.45) is 7.35. The van der Waals surface area contributed by atoms with Gasteiger partial charge in [-0.05, 0) is 206 Å². The molecule has 0 atom stereocenters. The van der Waals surface area contributed by atoms with Crippen molar-refractivity contribution < 1.29 is 28.4 Å². The lowest BCUT2D eigenvalue weighted by molar-refractivity contribution is 0.324. The van der Waals surface area contributed by atoms with E-state index in [-0.39, 0.29) is 0 Å². The van der Waals surface area contributed by atoms with Gasteiger partial charge in [-0.3, -0.25) is 0 Å². The van der Waals surface area contributed by atoms with Crippen molar-refractivity contribution in [1.82, 2.24) is 19.9 Å². The molecule has 0 unspecified atom stereocenters. The molecule has 0 spiro atoms. The Morgan fingerprint density at radius 1 is 0.393 bits per heavy atom. The van der Waals surface area contributed by atoms with Gasteiger partial charge in [-0.15, -0.1) is 0 Å². The topological polar surface area (TPSA) is 116 Å². The van der Waals surface area contributed by atoms with E-state index in [4.69, 9.17) is 38.4 Å². The van der Waals surface area contributed by atoms with Crippen LogP contribution in [0.3, 0.4) is 0 Å². The lowest BCUT2D eigenvalue weighted by Crippen LogP contribution is -2.09. The van der Waals surface area contributed by atoms with E-state index in [1.807, 2.05) is 24.3 Å². The van der Waals surface area contributed by atoms with E-state index >= 15 is 0 Å². The largest absolute Gasteiger partial charge is 0.493 e. The normalized spacial score (nSPS) is 12.3. The molecule has 11 nitrogen and oxygen atoms in total. The summed E-state index contributed by atoms with van der Waals surface area (Å²) in [5, 5.41) is 0. The van der Waals surface area contributed by atoms with E-state index in [1.54, 1.807) is 42.7 Å². The summed E-state index contributed by atoms with van der Waals surface area (Å²) in [4.78, 5) is 22.2. The monoisotopic (exact) mass is 1180 g/mol. The molecule has 5 heterocycles. The fourth-order valence-corrected chi connectivity index (χ4v) is 13.2. The molecule has 11 heteroatoms. The second-order valence-corrected chi connectivity index (χ2v) is 22.9. The van der Waals surface area contributed by atoms with Gasteiger partial charge in [-0.1, -0.05) is 112 Å². The summed E-state index contributed by atoms with van der Waals surface area (Å²) in [6, 6.07) is 45.5. The number of nitrogens with one attached hydrogen (secondary N) is 2. The van der Waals surface area contributed by atoms with Gasteiger partial charge in [0, 0.05) is 39.3 Å². The highest BCUT2D eigenvalue weighted by Gasteiger charge is 2.30. The van der Waals surface area contributed by atoms with Crippen LogP contribution in [0, 0.1) is 27.7 Å². The Morgan fingerprint density at radius 2 is 0.798 bits per heavy atom. The minimum atomic E-state index is 0.514. The van der Waals surface area contributed by atoms with Crippen molar-refractivity contribution in [3.8, 4) is 67.9 Å². The lowest BCUT2D eigenvalue weighted by atomic mass is 9.92. The van der Waals surface area contributed by atoms with Crippen LogP contribution in [0.1, 0.15) is 122 Å². The zero-order valence-electron chi connectivity index (χ0n) is 54.4. The number of aryl methyl sites for hydroxylation is 6. The number of fused-ring (bicyclic) bond motifs is 8. The van der Waals surface area contributed by atoms with Gasteiger partial charge in [0.1, 0.15) is 0 Å². The van der Waals surface area contributed by atoms with Gasteiger partial charge in [0.05, 0.1) is 82.0 Å². The van der Waals surface area contributed by atoms with Crippen LogP contribution in [-0.2, 0) is 12.8 Å². The molecule has 3 aromatic heterocycles. The molecule has 0 amide bonds. The van der Waals surface area contributed by atoms with Gasteiger partial charge in [0.2, 0.25) is 11.5 Å². The van der Waals surface area contributed by atoms with Gasteiger partial charge in [0.25, 0.3) is 0 Å². The summed E-state index contributed by atoms with van der Waals surface area (Å²) >= 11 is 0. The number of nitrogens with zero attached hydrogens (tertiary/aromatic N) is 3. The Morgan fingerprint density at radius 3 is 1.24 bits per heavy atom. The molecule has 89 heavy (non-hydrogen) atoms. The maximum Gasteiger partial charge on any atom is 0.203 e. The molecule has 2 aliphatic rings. The highest BCUT2D eigenvalue weighted by molar-refractivity contribution is 6.07. The van der Waals surface area contributed by atoms with Gasteiger partial charge < -0.3 is 43.3 Å². The zero-order valence-corrected chi connectivity index (χ0v) is 54.4. The van der Waals surface area contributed by atoms with Crippen molar-refractivity contribution >= 4 is 73.6 Å². The number of hydrogen-bond acceptors (Lipinski definition) is 9. The number of aromatic amines is 2. The number of rotatable bonds is 18. The fraction of sp³-hybridized carbons (Fsp3) is 0.256. The van der Waals surface area contributed by atoms with Crippen LogP contribution in [0.2, 0.25) is 0 Å². The molecule has 0 radical (unpaired) electrons. The molecule has 454 valence electrons. The van der Waals surface area contributed by atoms with Crippen molar-refractivity contribution in [2.45, 2.75) is 94.9 Å². The Hall–Kier alpha value is -9.74. The Labute approximate surface area is 524 Å². The molecule has 0 aliphatic carbocycles. The molecule has 0 fully saturated rings. The number of anilines is 3. The van der Waals surface area contributed by atoms with Crippen LogP contribution in [0.15, 0.2) is 127 Å². The average molecular weight is 1180 g/mol. The number of H-pyrrole nitrogens is 2. The molecular formula is C78H81N5O6. The molecule has 8 bridgehead atoms. The van der Waals surface area contributed by atoms with Crippen LogP contribution in [0.25, 0.3) is 89.9 Å². The van der Waals surface area contributed by atoms with Crippen molar-refractivity contribution in [2.24, 2.45) is 0 Å². The third kappa shape index (κ3) is 11.0. The molecule has 0 saturated heterocycles. The van der Waals surface area contributed by atoms with Crippen molar-refractivity contribution in [1.29, 1.82) is 0 Å². The van der Waals surface area contributed by atoms with Crippen LogP contribution in [-0.4, -0.2) is 62.6 Å². The second-order valence-electron chi connectivity index (χ2n) is 22.9. The van der Waals surface area contributed by atoms with E-state index in [2.05, 4.69) is 199 Å². The van der Waals surface area contributed by atoms with Gasteiger partial charge >= 0.3 is 0 Å². The van der Waals surface area contributed by atoms with Crippen molar-refractivity contribution in [2.75, 3.05) is 47.6 Å². The first-order chi connectivity index (χ1) is 43.1. The number of benzene rings is 6. The summed E-state index contributed by atoms with van der Waals surface area (Å²) in [5.41, 5.74) is 29.9. The number of methoxy groups -OCH3 is 6. The van der Waals surface area contributed by atoms with Crippen LogP contribution in [0.4, 0.5) is 17.1 Å². The third-order valence-electron chi connectivity index (χ3n) is 17.9.